The maximum absolute atomic E-state index is 12.2. The van der Waals surface area contributed by atoms with Crippen LogP contribution in [0.2, 0.25) is 0 Å². The van der Waals surface area contributed by atoms with Gasteiger partial charge in [0.2, 0.25) is 0 Å². The van der Waals surface area contributed by atoms with Gasteiger partial charge in [-0.1, -0.05) is 27.7 Å². The van der Waals surface area contributed by atoms with Crippen LogP contribution in [0.4, 0.5) is 0 Å². The topological polar surface area (TPSA) is 414 Å². The van der Waals surface area contributed by atoms with Crippen molar-refractivity contribution in [3.63, 3.8) is 0 Å². The van der Waals surface area contributed by atoms with Gasteiger partial charge in [0.1, 0.15) is 110 Å². The van der Waals surface area contributed by atoms with Crippen LogP contribution in [0.25, 0.3) is 0 Å². The van der Waals surface area contributed by atoms with Gasteiger partial charge in [0.15, 0.2) is 37.2 Å². The Balaban J connectivity index is 0.814. The molecule has 4 saturated carbocycles. The van der Waals surface area contributed by atoms with Crippen molar-refractivity contribution in [2.75, 3.05) is 33.0 Å². The van der Waals surface area contributed by atoms with Crippen LogP contribution < -0.4 is 0 Å². The molecule has 7 heterocycles. The molecule has 0 unspecified atom stereocenters. The predicted octanol–water partition coefficient (Wildman–Crippen LogP) is -4.45. The molecule has 11 rings (SSSR count). The summed E-state index contributed by atoms with van der Waals surface area (Å²) in [4.78, 5) is 0. The molecule has 37 atom stereocenters. The molecule has 478 valence electrons. The minimum Gasteiger partial charge on any atom is -0.394 e. The lowest BCUT2D eigenvalue weighted by molar-refractivity contribution is -0.407. The van der Waals surface area contributed by atoms with Crippen LogP contribution in [-0.2, 0) is 56.8 Å². The zero-order chi connectivity index (χ0) is 59.5. The van der Waals surface area contributed by atoms with Crippen LogP contribution in [0.1, 0.15) is 92.4 Å². The van der Waals surface area contributed by atoms with E-state index in [4.69, 9.17) is 56.8 Å². The van der Waals surface area contributed by atoms with E-state index in [-0.39, 0.29) is 28.8 Å². The van der Waals surface area contributed by atoms with Gasteiger partial charge in [0.05, 0.1) is 57.5 Å². The van der Waals surface area contributed by atoms with Crippen LogP contribution in [0, 0.1) is 52.3 Å². The number of fused-ring (bicyclic) bond motifs is 7. The maximum atomic E-state index is 12.2. The molecule has 7 aliphatic heterocycles. The van der Waals surface area contributed by atoms with Crippen molar-refractivity contribution in [3.05, 3.63) is 0 Å². The SMILES string of the molecule is C[C@@H]1CC[C@@]2(OC1)O[C@H]1C[C@H]3[C@@H]4CC[C@H]5C[C@@H](O[C@@H]6O[C@H](CO)[C@@H](O)[C@H](O[C@@H]7O[C@H](CO)[C@@H](O)[C@H](O[C@@H]8O[C@H](CO)[C@@H](O)[C@H](O)[C@H]8O)[C@H]7O[C@@H]7OC[C@@H](O)[C@H](O[C@@H]8O[C@@H](C)[C@H](O)[C@@H](O)[C@H]8O)[C@H]7O)[C@H]6O)[C@H](O)C[C@]5(C)[C@H]4CC[C@]3(C)[C@H]1[C@@H]2C. The molecule has 4 aliphatic carbocycles. The monoisotopic (exact) mass is 1200 g/mol. The van der Waals surface area contributed by atoms with Crippen molar-refractivity contribution >= 4 is 0 Å². The molecule has 15 N–H and O–H groups in total. The quantitative estimate of drug-likeness (QED) is 0.0774. The standard InChI is InChI=1S/C56H92O27/c1-20-8-11-56(73-18-20)21(2)34-30(83-56)13-26-24-7-6-23-12-29(27(60)14-55(23,5)25(24)9-10-54(26,34)4)75-52-44(71)46(37(64)32(16-58)77-52)80-53-48(47(38(65)33(17-59)78-53)81-51-42(69)40(67)36(63)31(15-57)76-51)82-49-43(70)45(28(61)19-72-49)79-50-41(68)39(66)35(62)22(3)74-50/h20-53,57-71H,6-19H2,1-5H3/t20-,21+,22+,23+,24-,25+,26+,27-,28-,29-,30+,31-,32-,33-,34+,35+,36-,37-,38-,39-,40+,41-,42-,43-,44-,45+,46+,47+,48-,49+,50+,51+,52-,53+,54+,55+,56-/m1/s1. The van der Waals surface area contributed by atoms with E-state index >= 15 is 0 Å². The highest BCUT2D eigenvalue weighted by molar-refractivity contribution is 5.16. The second-order valence-electron chi connectivity index (χ2n) is 26.8. The summed E-state index contributed by atoms with van der Waals surface area (Å²) < 4.78 is 73.5. The molecular weight excluding hydrogens is 1100 g/mol. The zero-order valence-electron chi connectivity index (χ0n) is 47.6. The Hall–Kier alpha value is -1.08. The summed E-state index contributed by atoms with van der Waals surface area (Å²) in [6.07, 6.45) is -37.3. The first-order valence-corrected chi connectivity index (χ1v) is 30.2. The third kappa shape index (κ3) is 11.1. The van der Waals surface area contributed by atoms with E-state index < -0.39 is 192 Å². The molecular formula is C56H92O27. The van der Waals surface area contributed by atoms with Crippen molar-refractivity contribution in [2.24, 2.45) is 52.3 Å². The van der Waals surface area contributed by atoms with E-state index in [9.17, 15) is 76.6 Å². The smallest absolute Gasteiger partial charge is 0.187 e. The van der Waals surface area contributed by atoms with E-state index in [0.717, 1.165) is 44.9 Å². The van der Waals surface area contributed by atoms with Gasteiger partial charge >= 0.3 is 0 Å². The first-order chi connectivity index (χ1) is 39.4. The largest absolute Gasteiger partial charge is 0.394 e. The second-order valence-corrected chi connectivity index (χ2v) is 26.8. The molecule has 27 heteroatoms. The number of aliphatic hydroxyl groups excluding tert-OH is 15. The number of hydrogen-bond acceptors (Lipinski definition) is 27. The number of aliphatic hydroxyl groups is 15. The van der Waals surface area contributed by atoms with Crippen LogP contribution in [0.15, 0.2) is 0 Å². The highest BCUT2D eigenvalue weighted by atomic mass is 16.8. The van der Waals surface area contributed by atoms with Gasteiger partial charge in [0.25, 0.3) is 0 Å². The third-order valence-corrected chi connectivity index (χ3v) is 22.1. The Morgan fingerprint density at radius 2 is 1.05 bits per heavy atom. The van der Waals surface area contributed by atoms with Crippen LogP contribution in [-0.4, -0.2) is 281 Å². The summed E-state index contributed by atoms with van der Waals surface area (Å²) in [6, 6.07) is 0. The van der Waals surface area contributed by atoms with Crippen molar-refractivity contribution in [1.82, 2.24) is 0 Å². The number of rotatable bonds is 13. The van der Waals surface area contributed by atoms with Crippen LogP contribution >= 0.6 is 0 Å². The first kappa shape index (κ1) is 63.5. The fourth-order valence-electron chi connectivity index (χ4n) is 17.4. The lowest BCUT2D eigenvalue weighted by Gasteiger charge is -2.62. The predicted molar refractivity (Wildman–Crippen MR) is 275 cm³/mol. The van der Waals surface area contributed by atoms with E-state index in [1.165, 1.54) is 6.92 Å². The molecule has 0 aromatic heterocycles. The van der Waals surface area contributed by atoms with Gasteiger partial charge in [-0.3, -0.25) is 0 Å². The summed E-state index contributed by atoms with van der Waals surface area (Å²) in [6.45, 7) is 8.09. The van der Waals surface area contributed by atoms with Crippen molar-refractivity contribution in [1.29, 1.82) is 0 Å². The third-order valence-electron chi connectivity index (χ3n) is 22.1. The molecule has 11 aliphatic rings. The van der Waals surface area contributed by atoms with E-state index in [0.29, 0.717) is 49.0 Å². The summed E-state index contributed by atoms with van der Waals surface area (Å²) in [5.74, 6) is 2.03. The van der Waals surface area contributed by atoms with Crippen molar-refractivity contribution in [3.8, 4) is 0 Å². The van der Waals surface area contributed by atoms with Crippen LogP contribution in [0.3, 0.4) is 0 Å². The minimum atomic E-state index is -2.07. The first-order valence-electron chi connectivity index (χ1n) is 30.2. The molecule has 7 saturated heterocycles. The van der Waals surface area contributed by atoms with Gasteiger partial charge < -0.3 is 133 Å². The van der Waals surface area contributed by atoms with Gasteiger partial charge in [-0.05, 0) is 105 Å². The highest BCUT2D eigenvalue weighted by Gasteiger charge is 2.70. The highest BCUT2D eigenvalue weighted by Crippen LogP contribution is 2.71. The Bertz CT molecular complexity index is 2160. The van der Waals surface area contributed by atoms with E-state index in [1.54, 1.807) is 0 Å². The average molecular weight is 1200 g/mol. The van der Waals surface area contributed by atoms with Gasteiger partial charge in [-0.2, -0.15) is 0 Å². The van der Waals surface area contributed by atoms with Crippen LogP contribution in [0.5, 0.6) is 0 Å². The molecule has 27 nitrogen and oxygen atoms in total. The molecule has 11 fully saturated rings. The Labute approximate surface area is 481 Å². The van der Waals surface area contributed by atoms with E-state index in [2.05, 4.69) is 27.7 Å². The fourth-order valence-corrected chi connectivity index (χ4v) is 17.4. The van der Waals surface area contributed by atoms with Gasteiger partial charge in [-0.15, -0.1) is 0 Å². The normalized spacial score (nSPS) is 58.3. The van der Waals surface area contributed by atoms with Gasteiger partial charge in [0, 0.05) is 12.3 Å². The summed E-state index contributed by atoms with van der Waals surface area (Å²) in [7, 11) is 0. The molecule has 1 spiro atoms. The Morgan fingerprint density at radius 1 is 0.470 bits per heavy atom. The lowest BCUT2D eigenvalue weighted by Crippen LogP contribution is -2.68. The van der Waals surface area contributed by atoms with E-state index in [1.807, 2.05) is 0 Å². The average Bonchev–Trinajstić information content (AvgIpc) is 1.73. The molecule has 83 heavy (non-hydrogen) atoms. The molecule has 0 aromatic carbocycles. The molecule has 0 radical (unpaired) electrons. The molecule has 0 bridgehead atoms. The lowest BCUT2D eigenvalue weighted by atomic mass is 9.44. The second kappa shape index (κ2) is 24.6. The number of ether oxygens (including phenoxy) is 12. The van der Waals surface area contributed by atoms with Gasteiger partial charge in [-0.25, -0.2) is 0 Å². The summed E-state index contributed by atoms with van der Waals surface area (Å²) in [5.41, 5.74) is -0.154. The zero-order valence-corrected chi connectivity index (χ0v) is 47.6. The summed E-state index contributed by atoms with van der Waals surface area (Å²) in [5, 5.41) is 166. The molecule has 0 amide bonds. The molecule has 0 aromatic rings. The number of hydrogen-bond donors (Lipinski definition) is 15. The Morgan fingerprint density at radius 3 is 1.71 bits per heavy atom. The summed E-state index contributed by atoms with van der Waals surface area (Å²) >= 11 is 0. The fraction of sp³-hybridized carbons (Fsp3) is 1.00. The van der Waals surface area contributed by atoms with Crippen molar-refractivity contribution < 1.29 is 133 Å². The maximum Gasteiger partial charge on any atom is 0.187 e. The minimum absolute atomic E-state index is 0.0927. The van der Waals surface area contributed by atoms with Crippen molar-refractivity contribution in [2.45, 2.75) is 264 Å². The Kier molecular flexibility index (Phi) is 18.8.